The second-order valence-corrected chi connectivity index (χ2v) is 11.3. The first-order chi connectivity index (χ1) is 18.7. The Morgan fingerprint density at radius 1 is 1.21 bits per heavy atom. The number of carbonyl (C=O) groups excluding carboxylic acids is 2. The highest BCUT2D eigenvalue weighted by molar-refractivity contribution is 5.99. The second kappa shape index (κ2) is 11.7. The van der Waals surface area contributed by atoms with Crippen molar-refractivity contribution in [2.24, 2.45) is 5.92 Å². The zero-order chi connectivity index (χ0) is 27.4. The SMILES string of the molecule is CC(C)(O)Cn1ccc(NC(=O)C(CC2CCCCC2)N2CC(OCC3COc4ccccc4O3)=CC2=O)n1. The van der Waals surface area contributed by atoms with Crippen LogP contribution < -0.4 is 14.8 Å². The predicted molar refractivity (Wildman–Crippen MR) is 144 cm³/mol. The van der Waals surface area contributed by atoms with E-state index in [2.05, 4.69) is 10.4 Å². The van der Waals surface area contributed by atoms with Crippen LogP contribution in [0.1, 0.15) is 52.4 Å². The van der Waals surface area contributed by atoms with E-state index in [1.807, 2.05) is 24.3 Å². The number of hydrogen-bond donors (Lipinski definition) is 2. The standard InChI is InChI=1S/C29H38N4O6/c1-29(2,36)19-32-13-12-26(31-32)30-28(35)23(14-20-8-4-3-5-9-20)33-16-21(15-27(33)34)37-17-22-18-38-24-10-6-7-11-25(24)39-22/h6-7,10-13,15,20,22-23,36H,3-5,8-9,14,16-19H2,1-2H3,(H,30,31,35). The number of benzene rings is 1. The molecule has 0 spiro atoms. The van der Waals surface area contributed by atoms with Crippen LogP contribution in [0.3, 0.4) is 0 Å². The molecule has 10 nitrogen and oxygen atoms in total. The number of aromatic nitrogens is 2. The molecule has 2 atom stereocenters. The van der Waals surface area contributed by atoms with Crippen molar-refractivity contribution in [1.29, 1.82) is 0 Å². The van der Waals surface area contributed by atoms with Crippen molar-refractivity contribution in [2.75, 3.05) is 25.1 Å². The third-order valence-corrected chi connectivity index (χ3v) is 7.32. The van der Waals surface area contributed by atoms with Crippen molar-refractivity contribution in [2.45, 2.75) is 76.7 Å². The largest absolute Gasteiger partial charge is 0.492 e. The molecule has 2 N–H and O–H groups in total. The maximum atomic E-state index is 13.5. The predicted octanol–water partition coefficient (Wildman–Crippen LogP) is 3.51. The molecule has 1 aliphatic carbocycles. The van der Waals surface area contributed by atoms with Crippen molar-refractivity contribution in [3.8, 4) is 11.5 Å². The molecule has 2 aromatic rings. The summed E-state index contributed by atoms with van der Waals surface area (Å²) in [5.74, 6) is 2.16. The quantitative estimate of drug-likeness (QED) is 0.476. The number of para-hydroxylation sites is 2. The lowest BCUT2D eigenvalue weighted by Crippen LogP contribution is -2.46. The minimum absolute atomic E-state index is 0.223. The molecule has 0 bridgehead atoms. The summed E-state index contributed by atoms with van der Waals surface area (Å²) in [6.45, 7) is 4.51. The van der Waals surface area contributed by atoms with Gasteiger partial charge < -0.3 is 29.5 Å². The molecular formula is C29H38N4O6. The number of rotatable bonds is 10. The van der Waals surface area contributed by atoms with Gasteiger partial charge in [-0.15, -0.1) is 0 Å². The minimum Gasteiger partial charge on any atom is -0.492 e. The number of nitrogens with zero attached hydrogens (tertiary/aromatic N) is 3. The molecule has 5 rings (SSSR count). The fraction of sp³-hybridized carbons (Fsp3) is 0.552. The Balaban J connectivity index is 1.22. The smallest absolute Gasteiger partial charge is 0.251 e. The summed E-state index contributed by atoms with van der Waals surface area (Å²) >= 11 is 0. The highest BCUT2D eigenvalue weighted by atomic mass is 16.6. The molecule has 1 saturated carbocycles. The molecule has 210 valence electrons. The average Bonchev–Trinajstić information content (AvgIpc) is 3.50. The van der Waals surface area contributed by atoms with Crippen LogP contribution in [-0.2, 0) is 20.9 Å². The number of hydrogen-bond acceptors (Lipinski definition) is 7. The van der Waals surface area contributed by atoms with Crippen molar-refractivity contribution in [1.82, 2.24) is 14.7 Å². The molecule has 1 aromatic heterocycles. The maximum absolute atomic E-state index is 13.5. The Morgan fingerprint density at radius 3 is 2.74 bits per heavy atom. The van der Waals surface area contributed by atoms with Crippen LogP contribution in [0.15, 0.2) is 48.4 Å². The Kier molecular flexibility index (Phi) is 8.11. The summed E-state index contributed by atoms with van der Waals surface area (Å²) in [5.41, 5.74) is -0.932. The van der Waals surface area contributed by atoms with Crippen molar-refractivity contribution < 1.29 is 28.9 Å². The highest BCUT2D eigenvalue weighted by Gasteiger charge is 2.36. The molecule has 39 heavy (non-hydrogen) atoms. The fourth-order valence-corrected chi connectivity index (χ4v) is 5.45. The third kappa shape index (κ3) is 7.11. The van der Waals surface area contributed by atoms with Crippen LogP contribution in [0.5, 0.6) is 11.5 Å². The van der Waals surface area contributed by atoms with E-state index in [1.165, 1.54) is 12.5 Å². The van der Waals surface area contributed by atoms with Gasteiger partial charge in [-0.05, 0) is 38.3 Å². The molecule has 3 aliphatic rings. The number of nitrogens with one attached hydrogen (secondary N) is 1. The molecule has 0 saturated heterocycles. The average molecular weight is 539 g/mol. The van der Waals surface area contributed by atoms with Crippen LogP contribution in [0.2, 0.25) is 0 Å². The summed E-state index contributed by atoms with van der Waals surface area (Å²) in [6.07, 6.45) is 9.11. The van der Waals surface area contributed by atoms with Crippen LogP contribution in [0, 0.1) is 5.92 Å². The van der Waals surface area contributed by atoms with E-state index < -0.39 is 11.6 Å². The number of aliphatic hydroxyl groups is 1. The molecule has 2 aliphatic heterocycles. The number of anilines is 1. The first kappa shape index (κ1) is 27.1. The highest BCUT2D eigenvalue weighted by Crippen LogP contribution is 2.32. The summed E-state index contributed by atoms with van der Waals surface area (Å²) in [5, 5.41) is 17.4. The number of ether oxygens (including phenoxy) is 3. The van der Waals surface area contributed by atoms with Gasteiger partial charge in [-0.3, -0.25) is 14.3 Å². The van der Waals surface area contributed by atoms with E-state index >= 15 is 0 Å². The van der Waals surface area contributed by atoms with Gasteiger partial charge >= 0.3 is 0 Å². The lowest BCUT2D eigenvalue weighted by molar-refractivity contribution is -0.134. The molecule has 0 radical (unpaired) electrons. The normalized spacial score (nSPS) is 20.5. The number of fused-ring (bicyclic) bond motifs is 1. The zero-order valence-corrected chi connectivity index (χ0v) is 22.7. The molecule has 2 unspecified atom stereocenters. The second-order valence-electron chi connectivity index (χ2n) is 11.3. The summed E-state index contributed by atoms with van der Waals surface area (Å²) in [4.78, 5) is 28.2. The van der Waals surface area contributed by atoms with Crippen molar-refractivity contribution >= 4 is 17.6 Å². The van der Waals surface area contributed by atoms with Gasteiger partial charge in [0.1, 0.15) is 25.0 Å². The van der Waals surface area contributed by atoms with Crippen molar-refractivity contribution in [3.05, 3.63) is 48.4 Å². The van der Waals surface area contributed by atoms with Crippen LogP contribution in [-0.4, -0.2) is 69.1 Å². The van der Waals surface area contributed by atoms with E-state index in [-0.39, 0.29) is 31.1 Å². The Hall–Kier alpha value is -3.53. The van der Waals surface area contributed by atoms with Gasteiger partial charge in [0.15, 0.2) is 23.4 Å². The van der Waals surface area contributed by atoms with E-state index in [4.69, 9.17) is 14.2 Å². The van der Waals surface area contributed by atoms with E-state index in [1.54, 1.807) is 35.7 Å². The Morgan fingerprint density at radius 2 is 1.97 bits per heavy atom. The van der Waals surface area contributed by atoms with E-state index in [0.717, 1.165) is 25.7 Å². The molecule has 2 amide bonds. The third-order valence-electron chi connectivity index (χ3n) is 7.32. The molecule has 1 fully saturated rings. The molecular weight excluding hydrogens is 500 g/mol. The van der Waals surface area contributed by atoms with E-state index in [0.29, 0.717) is 48.6 Å². The lowest BCUT2D eigenvalue weighted by atomic mass is 9.84. The summed E-state index contributed by atoms with van der Waals surface area (Å²) < 4.78 is 19.3. The first-order valence-electron chi connectivity index (χ1n) is 13.8. The maximum Gasteiger partial charge on any atom is 0.251 e. The van der Waals surface area contributed by atoms with Crippen LogP contribution in [0.4, 0.5) is 5.82 Å². The van der Waals surface area contributed by atoms with Crippen LogP contribution in [0.25, 0.3) is 0 Å². The van der Waals surface area contributed by atoms with E-state index in [9.17, 15) is 14.7 Å². The monoisotopic (exact) mass is 538 g/mol. The van der Waals surface area contributed by atoms with Gasteiger partial charge in [0.25, 0.3) is 5.91 Å². The topological polar surface area (TPSA) is 115 Å². The molecule has 3 heterocycles. The van der Waals surface area contributed by atoms with Crippen LogP contribution >= 0.6 is 0 Å². The molecule has 10 heteroatoms. The number of carbonyl (C=O) groups is 2. The first-order valence-corrected chi connectivity index (χ1v) is 13.8. The van der Waals surface area contributed by atoms with Gasteiger partial charge in [-0.25, -0.2) is 0 Å². The number of amides is 2. The van der Waals surface area contributed by atoms with Gasteiger partial charge in [-0.2, -0.15) is 5.10 Å². The Bertz CT molecular complexity index is 1200. The molecule has 1 aromatic carbocycles. The van der Waals surface area contributed by atoms with Crippen molar-refractivity contribution in [3.63, 3.8) is 0 Å². The van der Waals surface area contributed by atoms with Gasteiger partial charge in [-0.1, -0.05) is 44.2 Å². The minimum atomic E-state index is -0.932. The van der Waals surface area contributed by atoms with Gasteiger partial charge in [0.05, 0.1) is 18.7 Å². The Labute approximate surface area is 228 Å². The fourth-order valence-electron chi connectivity index (χ4n) is 5.45. The van der Waals surface area contributed by atoms with Gasteiger partial charge in [0, 0.05) is 18.3 Å². The van der Waals surface area contributed by atoms with Gasteiger partial charge in [0.2, 0.25) is 5.91 Å². The summed E-state index contributed by atoms with van der Waals surface area (Å²) in [7, 11) is 0. The summed E-state index contributed by atoms with van der Waals surface area (Å²) in [6, 6.07) is 8.55. The lowest BCUT2D eigenvalue weighted by Gasteiger charge is -2.31. The zero-order valence-electron chi connectivity index (χ0n) is 22.7.